The monoisotopic (exact) mass is 434 g/mol. The first-order chi connectivity index (χ1) is 8.69. The van der Waals surface area contributed by atoms with E-state index >= 15 is 0 Å². The molecule has 0 spiro atoms. The summed E-state index contributed by atoms with van der Waals surface area (Å²) in [5.74, 6) is 1.02. The minimum atomic E-state index is 0.375. The van der Waals surface area contributed by atoms with Gasteiger partial charge in [0, 0.05) is 19.8 Å². The van der Waals surface area contributed by atoms with Crippen LogP contribution in [0.4, 0.5) is 0 Å². The van der Waals surface area contributed by atoms with Crippen molar-refractivity contribution in [3.63, 3.8) is 0 Å². The van der Waals surface area contributed by atoms with E-state index in [1.807, 2.05) is 0 Å². The average molecular weight is 436 g/mol. The highest BCUT2D eigenvalue weighted by atomic mass is 127. The third-order valence-corrected chi connectivity index (χ3v) is 4.54. The Labute approximate surface area is 135 Å². The highest BCUT2D eigenvalue weighted by Crippen LogP contribution is 2.24. The van der Waals surface area contributed by atoms with Gasteiger partial charge in [-0.1, -0.05) is 40.2 Å². The van der Waals surface area contributed by atoms with Crippen LogP contribution in [-0.2, 0) is 6.42 Å². The van der Waals surface area contributed by atoms with Crippen molar-refractivity contribution in [2.24, 2.45) is 0 Å². The van der Waals surface area contributed by atoms with Crippen LogP contribution in [0.1, 0.15) is 17.0 Å². The third kappa shape index (κ3) is 3.97. The zero-order chi connectivity index (χ0) is 13.0. The second kappa shape index (κ2) is 6.92. The Morgan fingerprint density at radius 3 is 2.17 bits per heavy atom. The van der Waals surface area contributed by atoms with Gasteiger partial charge in [0.1, 0.15) is 0 Å². The predicted molar refractivity (Wildman–Crippen MR) is 90.5 cm³/mol. The maximum absolute atomic E-state index is 6.11. The number of alkyl halides is 1. The van der Waals surface area contributed by atoms with Crippen molar-refractivity contribution >= 4 is 50.1 Å². The molecule has 0 radical (unpaired) electrons. The molecule has 18 heavy (non-hydrogen) atoms. The fraction of sp³-hybridized carbons (Fsp3) is 0.200. The van der Waals surface area contributed by atoms with E-state index in [-0.39, 0.29) is 0 Å². The van der Waals surface area contributed by atoms with Crippen LogP contribution in [0.3, 0.4) is 0 Å². The lowest BCUT2D eigenvalue weighted by molar-refractivity contribution is 0.766. The molecule has 0 nitrogen and oxygen atoms in total. The number of benzene rings is 2. The molecule has 0 aliphatic carbocycles. The second-order valence-electron chi connectivity index (χ2n) is 4.23. The summed E-state index contributed by atoms with van der Waals surface area (Å²) in [6.45, 7) is 0. The van der Waals surface area contributed by atoms with Gasteiger partial charge in [-0.05, 0) is 64.4 Å². The third-order valence-electron chi connectivity index (χ3n) is 2.92. The van der Waals surface area contributed by atoms with Crippen LogP contribution < -0.4 is 0 Å². The van der Waals surface area contributed by atoms with E-state index in [1.165, 1.54) is 14.7 Å². The summed E-state index contributed by atoms with van der Waals surface area (Å²) in [4.78, 5) is 0. The van der Waals surface area contributed by atoms with E-state index in [2.05, 4.69) is 87.1 Å². The van der Waals surface area contributed by atoms with Gasteiger partial charge in [0.25, 0.3) is 0 Å². The van der Waals surface area contributed by atoms with Crippen LogP contribution in [0.15, 0.2) is 53.0 Å². The largest absolute Gasteiger partial charge is 0.126 e. The molecule has 0 heterocycles. The van der Waals surface area contributed by atoms with Crippen LogP contribution in [0.2, 0.25) is 0 Å². The summed E-state index contributed by atoms with van der Waals surface area (Å²) in [5.41, 5.74) is 2.63. The van der Waals surface area contributed by atoms with E-state index in [0.29, 0.717) is 11.8 Å². The molecule has 0 aliphatic heterocycles. The molecular formula is C15H13BrClI. The number of halogens is 3. The van der Waals surface area contributed by atoms with Crippen LogP contribution in [0, 0.1) is 3.57 Å². The molecule has 0 amide bonds. The number of rotatable bonds is 4. The molecule has 1 atom stereocenters. The van der Waals surface area contributed by atoms with Crippen molar-refractivity contribution in [1.82, 2.24) is 0 Å². The highest BCUT2D eigenvalue weighted by Gasteiger charge is 2.11. The SMILES string of the molecule is ClCC(Cc1ccc(I)cc1)c1ccc(Br)cc1. The molecule has 0 aliphatic rings. The van der Waals surface area contributed by atoms with Gasteiger partial charge >= 0.3 is 0 Å². The van der Waals surface area contributed by atoms with Crippen molar-refractivity contribution in [1.29, 1.82) is 0 Å². The lowest BCUT2D eigenvalue weighted by atomic mass is 9.94. The molecule has 0 N–H and O–H groups in total. The van der Waals surface area contributed by atoms with Crippen molar-refractivity contribution in [2.75, 3.05) is 5.88 Å². The Hall–Kier alpha value is -0.0600. The van der Waals surface area contributed by atoms with Gasteiger partial charge in [-0.3, -0.25) is 0 Å². The summed E-state index contributed by atoms with van der Waals surface area (Å²) >= 11 is 11.9. The molecule has 0 bridgehead atoms. The summed E-state index contributed by atoms with van der Waals surface area (Å²) in [7, 11) is 0. The summed E-state index contributed by atoms with van der Waals surface area (Å²) in [6.07, 6.45) is 0.988. The van der Waals surface area contributed by atoms with Crippen molar-refractivity contribution < 1.29 is 0 Å². The average Bonchev–Trinajstić information content (AvgIpc) is 2.39. The first kappa shape index (κ1) is 14.4. The summed E-state index contributed by atoms with van der Waals surface area (Å²) in [6, 6.07) is 17.1. The van der Waals surface area contributed by atoms with E-state index < -0.39 is 0 Å². The van der Waals surface area contributed by atoms with E-state index in [0.717, 1.165) is 10.9 Å². The van der Waals surface area contributed by atoms with Crippen LogP contribution in [-0.4, -0.2) is 5.88 Å². The van der Waals surface area contributed by atoms with E-state index in [9.17, 15) is 0 Å². The Bertz CT molecular complexity index is 493. The van der Waals surface area contributed by atoms with Crippen LogP contribution in [0.25, 0.3) is 0 Å². The highest BCUT2D eigenvalue weighted by molar-refractivity contribution is 14.1. The fourth-order valence-electron chi connectivity index (χ4n) is 1.90. The van der Waals surface area contributed by atoms with Crippen LogP contribution in [0.5, 0.6) is 0 Å². The molecule has 1 unspecified atom stereocenters. The normalized spacial score (nSPS) is 12.4. The first-order valence-electron chi connectivity index (χ1n) is 5.75. The molecule has 0 aromatic heterocycles. The van der Waals surface area contributed by atoms with Crippen LogP contribution >= 0.6 is 50.1 Å². The lowest BCUT2D eigenvalue weighted by Gasteiger charge is -2.14. The zero-order valence-corrected chi connectivity index (χ0v) is 14.2. The smallest absolute Gasteiger partial charge is 0.0295 e. The number of hydrogen-bond donors (Lipinski definition) is 0. The molecule has 0 saturated carbocycles. The van der Waals surface area contributed by atoms with E-state index in [1.54, 1.807) is 0 Å². The van der Waals surface area contributed by atoms with Gasteiger partial charge in [0.2, 0.25) is 0 Å². The molecule has 94 valence electrons. The lowest BCUT2D eigenvalue weighted by Crippen LogP contribution is -2.04. The van der Waals surface area contributed by atoms with Gasteiger partial charge in [0.05, 0.1) is 0 Å². The molecule has 3 heteroatoms. The van der Waals surface area contributed by atoms with Gasteiger partial charge < -0.3 is 0 Å². The van der Waals surface area contributed by atoms with Gasteiger partial charge in [-0.2, -0.15) is 0 Å². The topological polar surface area (TPSA) is 0 Å². The second-order valence-corrected chi connectivity index (χ2v) is 6.70. The van der Waals surface area contributed by atoms with E-state index in [4.69, 9.17) is 11.6 Å². The molecular weight excluding hydrogens is 422 g/mol. The van der Waals surface area contributed by atoms with Crippen molar-refractivity contribution in [3.05, 3.63) is 67.7 Å². The fourth-order valence-corrected chi connectivity index (χ4v) is 2.81. The molecule has 0 saturated heterocycles. The maximum Gasteiger partial charge on any atom is 0.0295 e. The summed E-state index contributed by atoms with van der Waals surface area (Å²) in [5, 5.41) is 0. The minimum absolute atomic E-state index is 0.375. The Balaban J connectivity index is 2.14. The summed E-state index contributed by atoms with van der Waals surface area (Å²) < 4.78 is 2.37. The Kier molecular flexibility index (Phi) is 5.52. The number of hydrogen-bond acceptors (Lipinski definition) is 0. The quantitative estimate of drug-likeness (QED) is 0.432. The minimum Gasteiger partial charge on any atom is -0.126 e. The van der Waals surface area contributed by atoms with Gasteiger partial charge in [-0.15, -0.1) is 11.6 Å². The Morgan fingerprint density at radius 1 is 1.00 bits per heavy atom. The van der Waals surface area contributed by atoms with Gasteiger partial charge in [0.15, 0.2) is 0 Å². The molecule has 0 fully saturated rings. The predicted octanol–water partition coefficient (Wildman–Crippen LogP) is 5.62. The molecule has 2 aromatic rings. The zero-order valence-electron chi connectivity index (χ0n) is 9.74. The Morgan fingerprint density at radius 2 is 1.61 bits per heavy atom. The first-order valence-corrected chi connectivity index (χ1v) is 8.15. The standard InChI is InChI=1S/C15H13BrClI/c16-14-5-3-12(4-6-14)13(10-17)9-11-1-7-15(18)8-2-11/h1-8,13H,9-10H2. The molecule has 2 rings (SSSR count). The van der Waals surface area contributed by atoms with Gasteiger partial charge in [-0.25, -0.2) is 0 Å². The maximum atomic E-state index is 6.11. The molecule has 2 aromatic carbocycles. The van der Waals surface area contributed by atoms with Crippen molar-refractivity contribution in [3.8, 4) is 0 Å². The van der Waals surface area contributed by atoms with Crippen molar-refractivity contribution in [2.45, 2.75) is 12.3 Å².